The van der Waals surface area contributed by atoms with Crippen molar-refractivity contribution in [1.82, 2.24) is 14.7 Å². The molecule has 27 heavy (non-hydrogen) atoms. The number of carbonyl (C=O) groups excluding carboxylic acids is 1. The quantitative estimate of drug-likeness (QED) is 0.720. The number of aromatic nitrogens is 2. The lowest BCUT2D eigenvalue weighted by atomic mass is 10.3. The number of benzene rings is 1. The molecule has 1 aliphatic heterocycles. The van der Waals surface area contributed by atoms with Crippen LogP contribution in [-0.4, -0.2) is 35.2 Å². The van der Waals surface area contributed by atoms with Gasteiger partial charge >= 0.3 is 0 Å². The summed E-state index contributed by atoms with van der Waals surface area (Å²) in [6.45, 7) is 2.48. The smallest absolute Gasteiger partial charge is 0.270 e. The Balaban J connectivity index is 1.30. The third-order valence-electron chi connectivity index (χ3n) is 4.04. The molecule has 0 atom stereocenters. The van der Waals surface area contributed by atoms with Crippen LogP contribution in [0.4, 0.5) is 0 Å². The fourth-order valence-electron chi connectivity index (χ4n) is 2.79. The summed E-state index contributed by atoms with van der Waals surface area (Å²) in [4.78, 5) is 16.8. The summed E-state index contributed by atoms with van der Waals surface area (Å²) in [5.41, 5.74) is 1.94. The third kappa shape index (κ3) is 3.51. The molecular weight excluding hydrogens is 346 g/mol. The standard InChI is InChI=1S/C20H17N3O4/c1-14-19(23-10-4-2-6-18(23)22-14)20(24)21-9-3-5-11-25-15-7-8-16-17(12-15)27-13-26-16/h2,4,6-8,10,12H,9,11,13H2,1H3,(H,21,24). The maximum Gasteiger partial charge on any atom is 0.270 e. The fraction of sp³-hybridized carbons (Fsp3) is 0.200. The van der Waals surface area contributed by atoms with Gasteiger partial charge in [-0.25, -0.2) is 4.98 Å². The monoisotopic (exact) mass is 363 g/mol. The van der Waals surface area contributed by atoms with Crippen LogP contribution < -0.4 is 19.5 Å². The molecule has 1 aliphatic rings. The van der Waals surface area contributed by atoms with Gasteiger partial charge in [0.15, 0.2) is 11.5 Å². The first kappa shape index (κ1) is 16.8. The zero-order chi connectivity index (χ0) is 18.6. The van der Waals surface area contributed by atoms with Crippen molar-refractivity contribution in [3.63, 3.8) is 0 Å². The van der Waals surface area contributed by atoms with Crippen LogP contribution in [0.1, 0.15) is 16.2 Å². The van der Waals surface area contributed by atoms with E-state index in [-0.39, 0.29) is 25.9 Å². The summed E-state index contributed by atoms with van der Waals surface area (Å²) in [5, 5.41) is 2.79. The van der Waals surface area contributed by atoms with E-state index in [0.717, 1.165) is 5.65 Å². The molecule has 0 fully saturated rings. The van der Waals surface area contributed by atoms with Gasteiger partial charge in [0.05, 0.1) is 12.2 Å². The molecule has 136 valence electrons. The highest BCUT2D eigenvalue weighted by Crippen LogP contribution is 2.34. The average molecular weight is 363 g/mol. The van der Waals surface area contributed by atoms with Crippen LogP contribution in [0.15, 0.2) is 42.6 Å². The molecule has 0 spiro atoms. The Morgan fingerprint density at radius 3 is 3.07 bits per heavy atom. The summed E-state index contributed by atoms with van der Waals surface area (Å²) in [7, 11) is 0. The molecule has 0 unspecified atom stereocenters. The number of fused-ring (bicyclic) bond motifs is 2. The normalized spacial score (nSPS) is 11.7. The summed E-state index contributed by atoms with van der Waals surface area (Å²) >= 11 is 0. The highest BCUT2D eigenvalue weighted by atomic mass is 16.7. The van der Waals surface area contributed by atoms with Gasteiger partial charge in [-0.05, 0) is 31.2 Å². The van der Waals surface area contributed by atoms with Crippen LogP contribution in [0.3, 0.4) is 0 Å². The minimum absolute atomic E-state index is 0.211. The maximum atomic E-state index is 12.4. The van der Waals surface area contributed by atoms with Crippen LogP contribution in [0.25, 0.3) is 5.65 Å². The van der Waals surface area contributed by atoms with Gasteiger partial charge in [0.25, 0.3) is 5.91 Å². The lowest BCUT2D eigenvalue weighted by Gasteiger charge is -2.03. The molecule has 7 nitrogen and oxygen atoms in total. The molecule has 1 aromatic carbocycles. The molecule has 0 saturated carbocycles. The van der Waals surface area contributed by atoms with Crippen molar-refractivity contribution < 1.29 is 19.0 Å². The fourth-order valence-corrected chi connectivity index (χ4v) is 2.79. The second-order valence-corrected chi connectivity index (χ2v) is 5.81. The Morgan fingerprint density at radius 1 is 1.26 bits per heavy atom. The zero-order valence-corrected chi connectivity index (χ0v) is 14.7. The number of amides is 1. The number of hydrogen-bond donors (Lipinski definition) is 1. The second-order valence-electron chi connectivity index (χ2n) is 5.81. The van der Waals surface area contributed by atoms with E-state index >= 15 is 0 Å². The minimum Gasteiger partial charge on any atom is -0.481 e. The largest absolute Gasteiger partial charge is 0.481 e. The van der Waals surface area contributed by atoms with E-state index in [9.17, 15) is 4.79 Å². The molecule has 0 bridgehead atoms. The number of hydrogen-bond acceptors (Lipinski definition) is 5. The highest BCUT2D eigenvalue weighted by Gasteiger charge is 2.15. The summed E-state index contributed by atoms with van der Waals surface area (Å²) in [6, 6.07) is 11.0. The first-order valence-corrected chi connectivity index (χ1v) is 8.42. The molecule has 1 N–H and O–H groups in total. The predicted octanol–water partition coefficient (Wildman–Crippen LogP) is 2.18. The Morgan fingerprint density at radius 2 is 2.15 bits per heavy atom. The molecule has 0 aliphatic carbocycles. The van der Waals surface area contributed by atoms with Gasteiger partial charge in [-0.3, -0.25) is 9.20 Å². The zero-order valence-electron chi connectivity index (χ0n) is 14.7. The van der Waals surface area contributed by atoms with E-state index in [1.165, 1.54) is 0 Å². The van der Waals surface area contributed by atoms with Crippen LogP contribution in [0.2, 0.25) is 0 Å². The topological polar surface area (TPSA) is 74.1 Å². The van der Waals surface area contributed by atoms with E-state index in [1.807, 2.05) is 31.3 Å². The first-order valence-electron chi connectivity index (χ1n) is 8.42. The van der Waals surface area contributed by atoms with E-state index in [0.29, 0.717) is 28.6 Å². The second kappa shape index (κ2) is 7.30. The average Bonchev–Trinajstić information content (AvgIpc) is 3.27. The van der Waals surface area contributed by atoms with Crippen molar-refractivity contribution in [2.24, 2.45) is 0 Å². The van der Waals surface area contributed by atoms with Gasteiger partial charge in [-0.2, -0.15) is 0 Å². The number of imidazole rings is 1. The van der Waals surface area contributed by atoms with Crippen LogP contribution in [0.5, 0.6) is 17.2 Å². The van der Waals surface area contributed by atoms with Crippen molar-refractivity contribution in [2.45, 2.75) is 6.92 Å². The number of ether oxygens (including phenoxy) is 3. The van der Waals surface area contributed by atoms with Gasteiger partial charge < -0.3 is 19.5 Å². The number of pyridine rings is 1. The lowest BCUT2D eigenvalue weighted by molar-refractivity contribution is 0.0952. The molecule has 1 amide bonds. The number of nitrogens with one attached hydrogen (secondary N) is 1. The summed E-state index contributed by atoms with van der Waals surface area (Å²) in [5.74, 6) is 7.56. The van der Waals surface area contributed by atoms with Crippen molar-refractivity contribution in [3.05, 3.63) is 54.0 Å². The molecule has 3 aromatic rings. The Hall–Kier alpha value is -3.66. The van der Waals surface area contributed by atoms with E-state index in [1.54, 1.807) is 22.6 Å². The molecule has 0 saturated heterocycles. The summed E-state index contributed by atoms with van der Waals surface area (Å²) < 4.78 is 17.9. The Bertz CT molecular complexity index is 1060. The van der Waals surface area contributed by atoms with Crippen molar-refractivity contribution in [1.29, 1.82) is 0 Å². The minimum atomic E-state index is -0.211. The third-order valence-corrected chi connectivity index (χ3v) is 4.04. The molecule has 4 rings (SSSR count). The molecule has 7 heteroatoms. The van der Waals surface area contributed by atoms with Crippen LogP contribution in [-0.2, 0) is 0 Å². The number of nitrogens with zero attached hydrogens (tertiary/aromatic N) is 2. The maximum absolute atomic E-state index is 12.4. The van der Waals surface area contributed by atoms with E-state index in [4.69, 9.17) is 14.2 Å². The van der Waals surface area contributed by atoms with Crippen molar-refractivity contribution in [3.8, 4) is 29.1 Å². The molecular formula is C20H17N3O4. The predicted molar refractivity (Wildman–Crippen MR) is 98.1 cm³/mol. The molecule has 0 radical (unpaired) electrons. The first-order chi connectivity index (χ1) is 13.2. The van der Waals surface area contributed by atoms with Gasteiger partial charge in [0.2, 0.25) is 6.79 Å². The van der Waals surface area contributed by atoms with Gasteiger partial charge in [0.1, 0.15) is 23.7 Å². The summed E-state index contributed by atoms with van der Waals surface area (Å²) in [6.07, 6.45) is 1.81. The SMILES string of the molecule is Cc1nc2ccccn2c1C(=O)NCC#CCOc1ccc2c(c1)OCO2. The highest BCUT2D eigenvalue weighted by molar-refractivity contribution is 5.94. The van der Waals surface area contributed by atoms with Crippen molar-refractivity contribution in [2.75, 3.05) is 19.9 Å². The Kier molecular flexibility index (Phi) is 4.54. The molecule has 2 aromatic heterocycles. The Labute approximate surface area is 155 Å². The van der Waals surface area contributed by atoms with Crippen molar-refractivity contribution >= 4 is 11.6 Å². The van der Waals surface area contributed by atoms with E-state index < -0.39 is 0 Å². The van der Waals surface area contributed by atoms with Gasteiger partial charge in [-0.15, -0.1) is 0 Å². The van der Waals surface area contributed by atoms with E-state index in [2.05, 4.69) is 22.1 Å². The number of aryl methyl sites for hydroxylation is 1. The number of rotatable bonds is 4. The lowest BCUT2D eigenvalue weighted by Crippen LogP contribution is -2.25. The number of carbonyl (C=O) groups is 1. The van der Waals surface area contributed by atoms with Gasteiger partial charge in [0, 0.05) is 12.3 Å². The molecule has 3 heterocycles. The van der Waals surface area contributed by atoms with Crippen LogP contribution >= 0.6 is 0 Å². The van der Waals surface area contributed by atoms with Gasteiger partial charge in [-0.1, -0.05) is 17.9 Å². The van der Waals surface area contributed by atoms with Crippen LogP contribution in [0, 0.1) is 18.8 Å².